The van der Waals surface area contributed by atoms with Crippen molar-refractivity contribution in [3.63, 3.8) is 0 Å². The van der Waals surface area contributed by atoms with Gasteiger partial charge < -0.3 is 10.1 Å². The zero-order valence-electron chi connectivity index (χ0n) is 20.7. The van der Waals surface area contributed by atoms with Crippen LogP contribution in [0.1, 0.15) is 23.7 Å². The number of carbonyl (C=O) groups excluding carboxylic acids is 1. The van der Waals surface area contributed by atoms with Crippen LogP contribution in [0, 0.1) is 5.82 Å². The van der Waals surface area contributed by atoms with E-state index in [1.54, 1.807) is 37.3 Å². The number of ether oxygens (including phenoxy) is 1. The third-order valence-electron chi connectivity index (χ3n) is 6.47. The average molecular weight is 564 g/mol. The number of nitrogens with one attached hydrogen (secondary N) is 1. The SMILES string of the molecule is CC1(NC(=O)c2ccc3c(-c4cccc(OCC(F)(F)F)c4)nn(-c4ccc(F)cc4)c3c2)CCS(O)(O)C1. The van der Waals surface area contributed by atoms with E-state index in [0.717, 1.165) is 0 Å². The summed E-state index contributed by atoms with van der Waals surface area (Å²) in [6.07, 6.45) is -4.07. The lowest BCUT2D eigenvalue weighted by molar-refractivity contribution is -0.153. The van der Waals surface area contributed by atoms with Gasteiger partial charge in [0.15, 0.2) is 6.61 Å². The fraction of sp³-hybridized carbons (Fsp3) is 0.259. The normalized spacial score (nSPS) is 19.7. The summed E-state index contributed by atoms with van der Waals surface area (Å²) in [4.78, 5) is 13.2. The Balaban J connectivity index is 1.55. The van der Waals surface area contributed by atoms with Gasteiger partial charge in [-0.3, -0.25) is 13.9 Å². The molecule has 2 heterocycles. The number of nitrogens with zero attached hydrogens (tertiary/aromatic N) is 2. The van der Waals surface area contributed by atoms with Gasteiger partial charge in [-0.2, -0.15) is 28.9 Å². The third-order valence-corrected chi connectivity index (χ3v) is 8.43. The maximum atomic E-state index is 13.6. The molecule has 1 aliphatic heterocycles. The van der Waals surface area contributed by atoms with E-state index in [4.69, 9.17) is 4.74 Å². The van der Waals surface area contributed by atoms with Gasteiger partial charge in [-0.1, -0.05) is 12.1 Å². The number of carbonyl (C=O) groups is 1. The molecule has 5 rings (SSSR count). The Bertz CT molecular complexity index is 1540. The van der Waals surface area contributed by atoms with E-state index >= 15 is 0 Å². The molecule has 1 saturated heterocycles. The van der Waals surface area contributed by atoms with Crippen molar-refractivity contribution in [2.45, 2.75) is 25.1 Å². The van der Waals surface area contributed by atoms with Crippen molar-refractivity contribution < 1.29 is 36.2 Å². The number of alkyl halides is 3. The molecule has 1 amide bonds. The van der Waals surface area contributed by atoms with Crippen LogP contribution in [0.3, 0.4) is 0 Å². The first kappa shape index (κ1) is 27.0. The summed E-state index contributed by atoms with van der Waals surface area (Å²) in [6.45, 7) is 0.327. The van der Waals surface area contributed by atoms with E-state index in [9.17, 15) is 31.5 Å². The van der Waals surface area contributed by atoms with E-state index in [-0.39, 0.29) is 17.3 Å². The number of hydrogen-bond donors (Lipinski definition) is 3. The minimum absolute atomic E-state index is 0.0149. The van der Waals surface area contributed by atoms with Crippen LogP contribution >= 0.6 is 10.6 Å². The molecule has 1 fully saturated rings. The van der Waals surface area contributed by atoms with Gasteiger partial charge in [0, 0.05) is 22.3 Å². The lowest BCUT2D eigenvalue weighted by atomic mass is 10.0. The minimum atomic E-state index is -4.49. The Kier molecular flexibility index (Phi) is 6.81. The van der Waals surface area contributed by atoms with Gasteiger partial charge >= 0.3 is 6.18 Å². The number of halogens is 4. The van der Waals surface area contributed by atoms with Gasteiger partial charge in [-0.25, -0.2) is 9.07 Å². The number of fused-ring (bicyclic) bond motifs is 1. The highest BCUT2D eigenvalue weighted by Gasteiger charge is 2.39. The maximum Gasteiger partial charge on any atom is 0.422 e. The molecule has 3 N–H and O–H groups in total. The molecule has 0 radical (unpaired) electrons. The maximum absolute atomic E-state index is 13.6. The van der Waals surface area contributed by atoms with E-state index in [1.807, 2.05) is 0 Å². The average Bonchev–Trinajstić information content (AvgIpc) is 3.38. The molecule has 7 nitrogen and oxygen atoms in total. The standard InChI is InChI=1S/C27H25F4N3O4S/c1-26(11-12-39(36,37)16-26)32-25(35)18-5-10-22-23(14-18)34(20-8-6-19(28)7-9-20)33-24(22)17-3-2-4-21(13-17)38-15-27(29,30)31/h2-10,13-14,36-37H,11-12,15-16H2,1H3,(H,32,35). The van der Waals surface area contributed by atoms with Gasteiger partial charge in [0.1, 0.15) is 17.3 Å². The highest BCUT2D eigenvalue weighted by atomic mass is 32.3. The van der Waals surface area contributed by atoms with Crippen LogP contribution in [0.5, 0.6) is 5.75 Å². The fourth-order valence-corrected chi connectivity index (χ4v) is 6.79. The number of rotatable bonds is 6. The Labute approximate surface area is 222 Å². The zero-order chi connectivity index (χ0) is 28.0. The molecule has 0 aliphatic carbocycles. The number of benzene rings is 3. The number of amides is 1. The summed E-state index contributed by atoms with van der Waals surface area (Å²) in [7, 11) is -2.74. The van der Waals surface area contributed by atoms with Gasteiger partial charge in [-0.05, 0) is 67.9 Å². The molecule has 39 heavy (non-hydrogen) atoms. The topological polar surface area (TPSA) is 96.6 Å². The monoisotopic (exact) mass is 563 g/mol. The minimum Gasteiger partial charge on any atom is -0.484 e. The predicted molar refractivity (Wildman–Crippen MR) is 141 cm³/mol. The molecule has 0 saturated carbocycles. The second-order valence-corrected chi connectivity index (χ2v) is 12.1. The molecule has 4 aromatic rings. The second kappa shape index (κ2) is 9.85. The van der Waals surface area contributed by atoms with E-state index in [2.05, 4.69) is 10.4 Å². The first-order valence-electron chi connectivity index (χ1n) is 12.0. The third kappa shape index (κ3) is 6.02. The molecule has 0 bridgehead atoms. The summed E-state index contributed by atoms with van der Waals surface area (Å²) in [5, 5.41) is 8.17. The summed E-state index contributed by atoms with van der Waals surface area (Å²) < 4.78 is 78.1. The van der Waals surface area contributed by atoms with Crippen LogP contribution in [-0.4, -0.2) is 54.6 Å². The van der Waals surface area contributed by atoms with E-state index < -0.39 is 40.6 Å². The van der Waals surface area contributed by atoms with Crippen LogP contribution in [0.2, 0.25) is 0 Å². The van der Waals surface area contributed by atoms with Crippen LogP contribution in [0.15, 0.2) is 66.7 Å². The van der Waals surface area contributed by atoms with Crippen molar-refractivity contribution in [3.8, 4) is 22.7 Å². The lowest BCUT2D eigenvalue weighted by Gasteiger charge is -2.30. The Morgan fingerprint density at radius 3 is 2.54 bits per heavy atom. The highest BCUT2D eigenvalue weighted by Crippen LogP contribution is 2.50. The van der Waals surface area contributed by atoms with Crippen molar-refractivity contribution in [1.29, 1.82) is 0 Å². The van der Waals surface area contributed by atoms with Gasteiger partial charge in [0.05, 0.1) is 22.5 Å². The molecular weight excluding hydrogens is 538 g/mol. The zero-order valence-corrected chi connectivity index (χ0v) is 21.5. The molecule has 206 valence electrons. The number of hydrogen-bond acceptors (Lipinski definition) is 5. The second-order valence-electron chi connectivity index (χ2n) is 9.82. The van der Waals surface area contributed by atoms with Crippen molar-refractivity contribution in [3.05, 3.63) is 78.1 Å². The molecule has 12 heteroatoms. The summed E-state index contributed by atoms with van der Waals surface area (Å²) in [6, 6.07) is 16.6. The Morgan fingerprint density at radius 2 is 1.87 bits per heavy atom. The quantitative estimate of drug-likeness (QED) is 0.236. The molecule has 1 atom stereocenters. The van der Waals surface area contributed by atoms with Crippen molar-refractivity contribution in [2.75, 3.05) is 18.1 Å². The number of aromatic nitrogens is 2. The molecule has 1 aromatic heterocycles. The van der Waals surface area contributed by atoms with Crippen molar-refractivity contribution >= 4 is 27.4 Å². The summed E-state index contributed by atoms with van der Waals surface area (Å²) in [5.74, 6) is -0.553. The highest BCUT2D eigenvalue weighted by molar-refractivity contribution is 8.24. The van der Waals surface area contributed by atoms with Crippen molar-refractivity contribution in [1.82, 2.24) is 15.1 Å². The van der Waals surface area contributed by atoms with Crippen LogP contribution in [-0.2, 0) is 0 Å². The molecule has 3 aromatic carbocycles. The molecule has 0 spiro atoms. The first-order chi connectivity index (χ1) is 18.3. The summed E-state index contributed by atoms with van der Waals surface area (Å²) >= 11 is 0. The smallest absolute Gasteiger partial charge is 0.422 e. The fourth-order valence-electron chi connectivity index (χ4n) is 4.63. The Morgan fingerprint density at radius 1 is 1.13 bits per heavy atom. The van der Waals surface area contributed by atoms with Gasteiger partial charge in [-0.15, -0.1) is 0 Å². The van der Waals surface area contributed by atoms with Gasteiger partial charge in [0.2, 0.25) is 0 Å². The van der Waals surface area contributed by atoms with Gasteiger partial charge in [0.25, 0.3) is 5.91 Å². The van der Waals surface area contributed by atoms with Crippen LogP contribution < -0.4 is 10.1 Å². The van der Waals surface area contributed by atoms with Crippen LogP contribution in [0.25, 0.3) is 27.8 Å². The van der Waals surface area contributed by atoms with E-state index in [0.29, 0.717) is 39.8 Å². The molecular formula is C27H25F4N3O4S. The molecule has 1 aliphatic rings. The van der Waals surface area contributed by atoms with Crippen molar-refractivity contribution in [2.24, 2.45) is 0 Å². The lowest BCUT2D eigenvalue weighted by Crippen LogP contribution is -2.46. The predicted octanol–water partition coefficient (Wildman–Crippen LogP) is 6.42. The van der Waals surface area contributed by atoms with Crippen LogP contribution in [0.4, 0.5) is 17.6 Å². The Hall–Kier alpha value is -3.61. The molecule has 1 unspecified atom stereocenters. The summed E-state index contributed by atoms with van der Waals surface area (Å²) in [5.41, 5.74) is 1.45. The van der Waals surface area contributed by atoms with E-state index in [1.165, 1.54) is 41.1 Å². The largest absolute Gasteiger partial charge is 0.484 e. The first-order valence-corrected chi connectivity index (χ1v) is 13.8.